The minimum atomic E-state index is -0.257. The third-order valence-corrected chi connectivity index (χ3v) is 5.30. The minimum Gasteiger partial charge on any atom is -0.497 e. The number of nitrogens with one attached hydrogen (secondary N) is 1. The maximum atomic E-state index is 13.6. The van der Waals surface area contributed by atoms with E-state index in [1.165, 1.54) is 0 Å². The Bertz CT molecular complexity index is 1130. The molecule has 4 rings (SSSR count). The van der Waals surface area contributed by atoms with Crippen molar-refractivity contribution in [2.75, 3.05) is 7.11 Å². The highest BCUT2D eigenvalue weighted by Gasteiger charge is 2.20. The van der Waals surface area contributed by atoms with Crippen LogP contribution in [0.2, 0.25) is 0 Å². The number of hydrogen-bond donors (Lipinski definition) is 1. The molecule has 0 aliphatic carbocycles. The normalized spacial score (nSPS) is 11.2. The summed E-state index contributed by atoms with van der Waals surface area (Å²) < 4.78 is 5.26. The maximum absolute atomic E-state index is 13.6. The van der Waals surface area contributed by atoms with Gasteiger partial charge < -0.3 is 10.1 Å². The Kier molecular flexibility index (Phi) is 6.78. The maximum Gasteiger partial charge on any atom is 0.252 e. The second kappa shape index (κ2) is 10.3. The highest BCUT2D eigenvalue weighted by molar-refractivity contribution is 6.24. The van der Waals surface area contributed by atoms with Gasteiger partial charge in [-0.2, -0.15) is 0 Å². The molecule has 0 aliphatic heterocycles. The molecule has 0 saturated heterocycles. The first-order valence-corrected chi connectivity index (χ1v) is 10.6. The molecule has 3 nitrogen and oxygen atoms in total. The number of methoxy groups -OCH3 is 1. The Morgan fingerprint density at radius 1 is 0.719 bits per heavy atom. The summed E-state index contributed by atoms with van der Waals surface area (Å²) in [6.07, 6.45) is 1.91. The van der Waals surface area contributed by atoms with E-state index in [9.17, 15) is 4.79 Å². The second-order valence-electron chi connectivity index (χ2n) is 7.43. The van der Waals surface area contributed by atoms with Crippen molar-refractivity contribution in [2.45, 2.75) is 6.04 Å². The van der Waals surface area contributed by atoms with Crippen molar-refractivity contribution in [3.8, 4) is 5.75 Å². The van der Waals surface area contributed by atoms with Gasteiger partial charge in [0.15, 0.2) is 0 Å². The van der Waals surface area contributed by atoms with E-state index < -0.39 is 0 Å². The molecule has 0 atom stereocenters. The number of hydrogen-bond acceptors (Lipinski definition) is 2. The SMILES string of the molecule is COc1ccc(/C=C(/C(=O)NC(c2ccccc2)c2ccccc2)c2ccccc2)cc1. The summed E-state index contributed by atoms with van der Waals surface area (Å²) in [4.78, 5) is 13.6. The smallest absolute Gasteiger partial charge is 0.252 e. The fourth-order valence-electron chi connectivity index (χ4n) is 3.62. The quantitative estimate of drug-likeness (QED) is 0.289. The lowest BCUT2D eigenvalue weighted by molar-refractivity contribution is -0.116. The van der Waals surface area contributed by atoms with Gasteiger partial charge in [0.05, 0.1) is 13.2 Å². The average molecular weight is 420 g/mol. The third kappa shape index (κ3) is 5.13. The molecule has 0 heterocycles. The molecular weight excluding hydrogens is 394 g/mol. The van der Waals surface area contributed by atoms with E-state index in [1.807, 2.05) is 121 Å². The van der Waals surface area contributed by atoms with Crippen LogP contribution in [-0.4, -0.2) is 13.0 Å². The number of ether oxygens (including phenoxy) is 1. The standard InChI is InChI=1S/C29H25NO2/c1-32-26-19-17-22(18-20-26)21-27(23-11-5-2-6-12-23)29(31)30-28(24-13-7-3-8-14-24)25-15-9-4-10-16-25/h2-21,28H,1H3,(H,30,31)/b27-21+. The molecule has 4 aromatic carbocycles. The molecule has 0 spiro atoms. The van der Waals surface area contributed by atoms with Crippen LogP contribution < -0.4 is 10.1 Å². The summed E-state index contributed by atoms with van der Waals surface area (Å²) in [7, 11) is 1.64. The van der Waals surface area contributed by atoms with Crippen molar-refractivity contribution in [1.29, 1.82) is 0 Å². The molecule has 32 heavy (non-hydrogen) atoms. The van der Waals surface area contributed by atoms with Crippen molar-refractivity contribution < 1.29 is 9.53 Å². The molecule has 158 valence electrons. The van der Waals surface area contributed by atoms with Crippen LogP contribution in [0.1, 0.15) is 28.3 Å². The van der Waals surface area contributed by atoms with E-state index in [-0.39, 0.29) is 11.9 Å². The second-order valence-corrected chi connectivity index (χ2v) is 7.43. The average Bonchev–Trinajstić information content (AvgIpc) is 2.87. The zero-order valence-corrected chi connectivity index (χ0v) is 17.9. The van der Waals surface area contributed by atoms with Gasteiger partial charge in [0.25, 0.3) is 5.91 Å². The fourth-order valence-corrected chi connectivity index (χ4v) is 3.62. The lowest BCUT2D eigenvalue weighted by Gasteiger charge is -2.21. The Labute approximate surface area is 189 Å². The largest absolute Gasteiger partial charge is 0.497 e. The summed E-state index contributed by atoms with van der Waals surface area (Å²) in [6, 6.07) is 37.2. The van der Waals surface area contributed by atoms with E-state index in [2.05, 4.69) is 5.32 Å². The summed E-state index contributed by atoms with van der Waals surface area (Å²) in [5.41, 5.74) is 4.46. The molecule has 0 radical (unpaired) electrons. The Morgan fingerprint density at radius 3 is 1.72 bits per heavy atom. The van der Waals surface area contributed by atoms with Gasteiger partial charge in [-0.05, 0) is 40.5 Å². The van der Waals surface area contributed by atoms with Gasteiger partial charge in [0.1, 0.15) is 5.75 Å². The highest BCUT2D eigenvalue weighted by atomic mass is 16.5. The Balaban J connectivity index is 1.71. The first kappa shape index (κ1) is 21.1. The summed E-state index contributed by atoms with van der Waals surface area (Å²) in [5, 5.41) is 3.26. The van der Waals surface area contributed by atoms with E-state index >= 15 is 0 Å². The molecule has 0 aliphatic rings. The third-order valence-electron chi connectivity index (χ3n) is 5.30. The first-order valence-electron chi connectivity index (χ1n) is 10.6. The molecule has 1 N–H and O–H groups in total. The summed E-state index contributed by atoms with van der Waals surface area (Å²) in [5.74, 6) is 0.644. The zero-order valence-electron chi connectivity index (χ0n) is 17.9. The van der Waals surface area contributed by atoms with Gasteiger partial charge in [-0.15, -0.1) is 0 Å². The van der Waals surface area contributed by atoms with E-state index in [0.29, 0.717) is 5.57 Å². The van der Waals surface area contributed by atoms with Gasteiger partial charge in [0.2, 0.25) is 0 Å². The highest BCUT2D eigenvalue weighted by Crippen LogP contribution is 2.25. The molecule has 3 heteroatoms. The number of rotatable bonds is 7. The van der Waals surface area contributed by atoms with Gasteiger partial charge in [-0.25, -0.2) is 0 Å². The van der Waals surface area contributed by atoms with Crippen LogP contribution in [0.15, 0.2) is 115 Å². The predicted octanol–water partition coefficient (Wildman–Crippen LogP) is 6.14. The van der Waals surface area contributed by atoms with E-state index in [0.717, 1.165) is 28.0 Å². The molecule has 0 fully saturated rings. The molecule has 0 saturated carbocycles. The molecular formula is C29H25NO2. The van der Waals surface area contributed by atoms with Crippen LogP contribution in [0.25, 0.3) is 11.6 Å². The summed E-state index contributed by atoms with van der Waals surface area (Å²) >= 11 is 0. The first-order chi connectivity index (χ1) is 15.7. The van der Waals surface area contributed by atoms with Crippen LogP contribution in [0, 0.1) is 0 Å². The number of amides is 1. The van der Waals surface area contributed by atoms with Crippen molar-refractivity contribution in [3.05, 3.63) is 138 Å². The molecule has 0 bridgehead atoms. The Hall–Kier alpha value is -4.11. The van der Waals surface area contributed by atoms with Gasteiger partial charge in [-0.1, -0.05) is 103 Å². The van der Waals surface area contributed by atoms with Crippen molar-refractivity contribution in [2.24, 2.45) is 0 Å². The zero-order chi connectivity index (χ0) is 22.2. The lowest BCUT2D eigenvalue weighted by Crippen LogP contribution is -2.30. The number of benzene rings is 4. The van der Waals surface area contributed by atoms with Crippen LogP contribution in [0.5, 0.6) is 5.75 Å². The number of carbonyl (C=O) groups is 1. The predicted molar refractivity (Wildman–Crippen MR) is 130 cm³/mol. The monoisotopic (exact) mass is 419 g/mol. The number of carbonyl (C=O) groups excluding carboxylic acids is 1. The van der Waals surface area contributed by atoms with Crippen LogP contribution in [0.3, 0.4) is 0 Å². The lowest BCUT2D eigenvalue weighted by atomic mass is 9.96. The van der Waals surface area contributed by atoms with Crippen LogP contribution in [-0.2, 0) is 4.79 Å². The molecule has 0 aromatic heterocycles. The van der Waals surface area contributed by atoms with Crippen LogP contribution in [0.4, 0.5) is 0 Å². The molecule has 1 amide bonds. The van der Waals surface area contributed by atoms with Gasteiger partial charge in [-0.3, -0.25) is 4.79 Å². The molecule has 0 unspecified atom stereocenters. The van der Waals surface area contributed by atoms with Crippen molar-refractivity contribution in [3.63, 3.8) is 0 Å². The van der Waals surface area contributed by atoms with E-state index in [1.54, 1.807) is 7.11 Å². The topological polar surface area (TPSA) is 38.3 Å². The Morgan fingerprint density at radius 2 is 1.22 bits per heavy atom. The van der Waals surface area contributed by atoms with Gasteiger partial charge in [0, 0.05) is 5.57 Å². The van der Waals surface area contributed by atoms with Crippen LogP contribution >= 0.6 is 0 Å². The minimum absolute atomic E-state index is 0.135. The van der Waals surface area contributed by atoms with Gasteiger partial charge >= 0.3 is 0 Å². The summed E-state index contributed by atoms with van der Waals surface area (Å²) in [6.45, 7) is 0. The van der Waals surface area contributed by atoms with Crippen molar-refractivity contribution >= 4 is 17.6 Å². The molecule has 4 aromatic rings. The fraction of sp³-hybridized carbons (Fsp3) is 0.0690. The van der Waals surface area contributed by atoms with Crippen molar-refractivity contribution in [1.82, 2.24) is 5.32 Å². The van der Waals surface area contributed by atoms with E-state index in [4.69, 9.17) is 4.74 Å².